The fourth-order valence-electron chi connectivity index (χ4n) is 6.68. The number of rotatable bonds is 2. The molecule has 3 fully saturated rings. The van der Waals surface area contributed by atoms with Crippen LogP contribution in [0.15, 0.2) is 23.8 Å². The van der Waals surface area contributed by atoms with E-state index in [1.807, 2.05) is 6.08 Å². The van der Waals surface area contributed by atoms with Gasteiger partial charge in [-0.05, 0) is 68.4 Å². The molecular weight excluding hydrogens is 320 g/mol. The number of hydrogen-bond acceptors (Lipinski definition) is 3. The Kier molecular flexibility index (Phi) is 3.85. The molecule has 3 saturated carbocycles. The number of carbonyl (C=O) groups is 2. The van der Waals surface area contributed by atoms with E-state index < -0.39 is 0 Å². The summed E-state index contributed by atoms with van der Waals surface area (Å²) in [5.41, 5.74) is 1.00. The van der Waals surface area contributed by atoms with Crippen molar-refractivity contribution in [1.82, 2.24) is 0 Å². The molecule has 0 spiro atoms. The van der Waals surface area contributed by atoms with Crippen molar-refractivity contribution >= 4 is 23.5 Å². The van der Waals surface area contributed by atoms with Crippen LogP contribution in [0.5, 0.6) is 0 Å². The topological polar surface area (TPSA) is 54.4 Å². The van der Waals surface area contributed by atoms with E-state index in [1.165, 1.54) is 5.57 Å². The molecule has 0 radical (unpaired) electrons. The highest BCUT2D eigenvalue weighted by Crippen LogP contribution is 2.66. The van der Waals surface area contributed by atoms with Crippen molar-refractivity contribution in [1.29, 1.82) is 0 Å². The number of hydrogen-bond donors (Lipinski definition) is 2. The lowest BCUT2D eigenvalue weighted by Crippen LogP contribution is -2.52. The molecule has 6 atom stereocenters. The molecule has 1 N–H and O–H groups in total. The molecule has 0 aromatic heterocycles. The van der Waals surface area contributed by atoms with Crippen molar-refractivity contribution in [2.24, 2.45) is 34.5 Å². The van der Waals surface area contributed by atoms with Gasteiger partial charge in [-0.15, -0.1) is 12.6 Å². The van der Waals surface area contributed by atoms with E-state index in [4.69, 9.17) is 0 Å². The molecule has 4 aliphatic carbocycles. The molecule has 0 amide bonds. The number of ketones is 1. The third kappa shape index (κ3) is 2.08. The molecule has 3 nitrogen and oxygen atoms in total. The van der Waals surface area contributed by atoms with Crippen molar-refractivity contribution < 1.29 is 14.7 Å². The number of aliphatic hydroxyl groups excluding tert-OH is 1. The van der Waals surface area contributed by atoms with Gasteiger partial charge in [0.05, 0.1) is 0 Å². The van der Waals surface area contributed by atoms with E-state index in [9.17, 15) is 14.7 Å². The molecule has 0 aromatic carbocycles. The first-order chi connectivity index (χ1) is 11.4. The van der Waals surface area contributed by atoms with Crippen LogP contribution in [0, 0.1) is 34.5 Å². The number of thiol groups is 1. The average molecular weight is 346 g/mol. The highest BCUT2D eigenvalue weighted by molar-refractivity contribution is 7.96. The van der Waals surface area contributed by atoms with Gasteiger partial charge in [-0.1, -0.05) is 18.6 Å². The molecule has 4 aliphatic rings. The van der Waals surface area contributed by atoms with E-state index in [0.717, 1.165) is 38.5 Å². The lowest BCUT2D eigenvalue weighted by atomic mass is 9.47. The van der Waals surface area contributed by atoms with Gasteiger partial charge in [0.1, 0.15) is 0 Å². The highest BCUT2D eigenvalue weighted by atomic mass is 32.1. The minimum absolute atomic E-state index is 0.0263. The molecule has 4 heteroatoms. The SMILES string of the molecule is C[C@]12C=CC(=O)C=C1CC[C@H]1[C@@H]3CC[C@H](C(=O)S)[C@@]3(CO)CC[C@@H]12. The summed E-state index contributed by atoms with van der Waals surface area (Å²) < 4.78 is 0. The van der Waals surface area contributed by atoms with Gasteiger partial charge in [0.15, 0.2) is 10.9 Å². The molecule has 0 unspecified atom stereocenters. The van der Waals surface area contributed by atoms with Crippen molar-refractivity contribution in [3.05, 3.63) is 23.8 Å². The molecule has 4 rings (SSSR count). The Balaban J connectivity index is 1.70. The van der Waals surface area contributed by atoms with E-state index in [2.05, 4.69) is 25.6 Å². The predicted octanol–water partition coefficient (Wildman–Crippen LogP) is 3.34. The van der Waals surface area contributed by atoms with Crippen LogP contribution in [0.4, 0.5) is 0 Å². The van der Waals surface area contributed by atoms with E-state index >= 15 is 0 Å². The Bertz CT molecular complexity index is 651. The second kappa shape index (κ2) is 5.57. The van der Waals surface area contributed by atoms with Gasteiger partial charge in [0, 0.05) is 23.4 Å². The Morgan fingerprint density at radius 2 is 2.08 bits per heavy atom. The Labute approximate surface area is 149 Å². The summed E-state index contributed by atoms with van der Waals surface area (Å²) in [6.45, 7) is 2.38. The first-order valence-electron chi connectivity index (χ1n) is 9.20. The third-order valence-corrected chi connectivity index (χ3v) is 8.18. The minimum atomic E-state index is -0.258. The molecule has 0 saturated heterocycles. The van der Waals surface area contributed by atoms with Gasteiger partial charge < -0.3 is 5.11 Å². The van der Waals surface area contributed by atoms with E-state index in [0.29, 0.717) is 17.8 Å². The van der Waals surface area contributed by atoms with Crippen molar-refractivity contribution in [3.63, 3.8) is 0 Å². The van der Waals surface area contributed by atoms with Crippen LogP contribution in [0.3, 0.4) is 0 Å². The zero-order chi connectivity index (χ0) is 17.1. The number of aliphatic hydroxyl groups is 1. The maximum absolute atomic E-state index is 12.0. The largest absolute Gasteiger partial charge is 0.396 e. The van der Waals surface area contributed by atoms with Gasteiger partial charge in [-0.2, -0.15) is 0 Å². The van der Waals surface area contributed by atoms with E-state index in [1.54, 1.807) is 6.08 Å². The number of fused-ring (bicyclic) bond motifs is 5. The molecule has 0 aliphatic heterocycles. The van der Waals surface area contributed by atoms with Gasteiger partial charge in [-0.25, -0.2) is 0 Å². The minimum Gasteiger partial charge on any atom is -0.396 e. The molecule has 0 bridgehead atoms. The Hall–Kier alpha value is -0.870. The normalized spacial score (nSPS) is 46.8. The second-order valence-electron chi connectivity index (χ2n) is 8.50. The fourth-order valence-corrected chi connectivity index (χ4v) is 7.07. The smallest absolute Gasteiger partial charge is 0.189 e. The van der Waals surface area contributed by atoms with Crippen LogP contribution in [-0.2, 0) is 9.59 Å². The fraction of sp³-hybridized carbons (Fsp3) is 0.700. The molecule has 130 valence electrons. The maximum atomic E-state index is 12.0. The maximum Gasteiger partial charge on any atom is 0.189 e. The summed E-state index contributed by atoms with van der Waals surface area (Å²) in [7, 11) is 0. The van der Waals surface area contributed by atoms with Gasteiger partial charge in [0.2, 0.25) is 0 Å². The summed E-state index contributed by atoms with van der Waals surface area (Å²) >= 11 is 4.13. The Morgan fingerprint density at radius 3 is 2.79 bits per heavy atom. The number of carbonyl (C=O) groups excluding carboxylic acids is 2. The lowest BCUT2D eigenvalue weighted by Gasteiger charge is -2.57. The van der Waals surface area contributed by atoms with Crippen molar-refractivity contribution in [3.8, 4) is 0 Å². The summed E-state index contributed by atoms with van der Waals surface area (Å²) in [6.07, 6.45) is 11.6. The first-order valence-corrected chi connectivity index (χ1v) is 9.65. The van der Waals surface area contributed by atoms with Crippen LogP contribution >= 0.6 is 12.6 Å². The van der Waals surface area contributed by atoms with Crippen LogP contribution in [0.25, 0.3) is 0 Å². The second-order valence-corrected chi connectivity index (χ2v) is 8.94. The summed E-state index contributed by atoms with van der Waals surface area (Å²) in [4.78, 5) is 23.8. The van der Waals surface area contributed by atoms with Gasteiger partial charge >= 0.3 is 0 Å². The third-order valence-electron chi connectivity index (χ3n) is 7.87. The highest BCUT2D eigenvalue weighted by Gasteiger charge is 2.61. The Morgan fingerprint density at radius 1 is 1.29 bits per heavy atom. The van der Waals surface area contributed by atoms with Crippen LogP contribution in [-0.4, -0.2) is 22.6 Å². The van der Waals surface area contributed by atoms with Crippen LogP contribution in [0.1, 0.15) is 45.4 Å². The van der Waals surface area contributed by atoms with Gasteiger partial charge in [0.25, 0.3) is 0 Å². The summed E-state index contributed by atoms with van der Waals surface area (Å²) in [5, 5.41) is 10.2. The van der Waals surface area contributed by atoms with Crippen molar-refractivity contribution in [2.75, 3.05) is 6.61 Å². The van der Waals surface area contributed by atoms with Crippen LogP contribution in [0.2, 0.25) is 0 Å². The standard InChI is InChI=1S/C20H26O3S/c1-19-8-6-13(22)10-12(19)2-3-14-15(19)7-9-20(11-21)16(14)4-5-17(20)18(23)24/h6,8,10,14-17,21H,2-5,7,9,11H2,1H3,(H,23,24)/t14-,15+,16+,17-,19+,20-/m1/s1. The summed E-state index contributed by atoms with van der Waals surface area (Å²) in [5.74, 6) is 1.48. The molecule has 24 heavy (non-hydrogen) atoms. The first kappa shape index (κ1) is 16.6. The monoisotopic (exact) mass is 346 g/mol. The molecule has 0 heterocycles. The quantitative estimate of drug-likeness (QED) is 0.754. The number of allylic oxidation sites excluding steroid dienone is 4. The van der Waals surface area contributed by atoms with Gasteiger partial charge in [-0.3, -0.25) is 9.59 Å². The van der Waals surface area contributed by atoms with Crippen LogP contribution < -0.4 is 0 Å². The molecular formula is C20H26O3S. The summed E-state index contributed by atoms with van der Waals surface area (Å²) in [6, 6.07) is 0. The predicted molar refractivity (Wildman–Crippen MR) is 95.5 cm³/mol. The average Bonchev–Trinajstić information content (AvgIpc) is 2.95. The zero-order valence-corrected chi connectivity index (χ0v) is 15.1. The van der Waals surface area contributed by atoms with E-state index in [-0.39, 0.29) is 34.3 Å². The lowest BCUT2D eigenvalue weighted by molar-refractivity contribution is -0.125. The molecule has 0 aromatic rings. The van der Waals surface area contributed by atoms with Crippen molar-refractivity contribution in [2.45, 2.75) is 45.4 Å². The zero-order valence-electron chi connectivity index (χ0n) is 14.2.